The maximum Gasteiger partial charge on any atom is 0.191 e. The van der Waals surface area contributed by atoms with Crippen LogP contribution < -0.4 is 4.74 Å². The molecule has 2 heterocycles. The molecule has 0 radical (unpaired) electrons. The van der Waals surface area contributed by atoms with Gasteiger partial charge in [-0.25, -0.2) is 0 Å². The maximum absolute atomic E-state index is 5.41. The number of thioether (sulfide) groups is 1. The molecule has 0 aliphatic rings. The lowest BCUT2D eigenvalue weighted by molar-refractivity contribution is 0.395. The van der Waals surface area contributed by atoms with E-state index in [0.29, 0.717) is 12.3 Å². The van der Waals surface area contributed by atoms with Gasteiger partial charge >= 0.3 is 0 Å². The zero-order chi connectivity index (χ0) is 16.1. The van der Waals surface area contributed by atoms with Gasteiger partial charge in [0.05, 0.1) is 12.9 Å². The number of hydrogen-bond acceptors (Lipinski definition) is 6. The van der Waals surface area contributed by atoms with E-state index in [1.165, 1.54) is 0 Å². The van der Waals surface area contributed by atoms with Crippen LogP contribution >= 0.6 is 11.8 Å². The number of aromatic nitrogens is 4. The van der Waals surface area contributed by atoms with Crippen LogP contribution in [0.15, 0.2) is 59.0 Å². The second kappa shape index (κ2) is 7.15. The van der Waals surface area contributed by atoms with Crippen molar-refractivity contribution < 1.29 is 9.26 Å². The third kappa shape index (κ3) is 3.45. The molecular formula is C16H16N4O2S. The molecule has 0 aliphatic heterocycles. The lowest BCUT2D eigenvalue weighted by Gasteiger charge is -2.03. The summed E-state index contributed by atoms with van der Waals surface area (Å²) in [6, 6.07) is 9.63. The van der Waals surface area contributed by atoms with E-state index in [4.69, 9.17) is 9.26 Å². The molecule has 0 atom stereocenters. The van der Waals surface area contributed by atoms with Crippen molar-refractivity contribution in [1.82, 2.24) is 19.9 Å². The van der Waals surface area contributed by atoms with Crippen molar-refractivity contribution in [3.63, 3.8) is 0 Å². The fourth-order valence-corrected chi connectivity index (χ4v) is 2.92. The van der Waals surface area contributed by atoms with E-state index in [2.05, 4.69) is 21.9 Å². The zero-order valence-corrected chi connectivity index (χ0v) is 13.5. The van der Waals surface area contributed by atoms with Gasteiger partial charge in [-0.2, -0.15) is 0 Å². The van der Waals surface area contributed by atoms with Gasteiger partial charge in [-0.15, -0.1) is 16.8 Å². The van der Waals surface area contributed by atoms with Crippen LogP contribution in [0.4, 0.5) is 0 Å². The van der Waals surface area contributed by atoms with E-state index in [9.17, 15) is 0 Å². The first-order valence-corrected chi connectivity index (χ1v) is 8.01. The van der Waals surface area contributed by atoms with Crippen molar-refractivity contribution in [2.45, 2.75) is 17.5 Å². The number of hydrogen-bond donors (Lipinski definition) is 0. The standard InChI is InChI=1S/C16H16N4O2S/c1-3-8-20-11-17-18-16(20)23-10-12-9-14(19-22-12)13-6-4-5-7-15(13)21-2/h3-7,9,11H,1,8,10H2,2H3. The summed E-state index contributed by atoms with van der Waals surface area (Å²) in [6.07, 6.45) is 3.49. The van der Waals surface area contributed by atoms with Crippen molar-refractivity contribution in [2.24, 2.45) is 0 Å². The first kappa shape index (κ1) is 15.4. The van der Waals surface area contributed by atoms with Crippen LogP contribution in [0.25, 0.3) is 11.3 Å². The van der Waals surface area contributed by atoms with Gasteiger partial charge in [-0.1, -0.05) is 35.1 Å². The lowest BCUT2D eigenvalue weighted by atomic mass is 10.1. The molecule has 0 fully saturated rings. The SMILES string of the molecule is C=CCn1cnnc1SCc1cc(-c2ccccc2OC)no1. The van der Waals surface area contributed by atoms with Gasteiger partial charge in [0.15, 0.2) is 5.16 Å². The first-order chi connectivity index (χ1) is 11.3. The minimum atomic E-state index is 0.623. The van der Waals surface area contributed by atoms with Crippen molar-refractivity contribution in [2.75, 3.05) is 7.11 Å². The Labute approximate surface area is 138 Å². The van der Waals surface area contributed by atoms with Crippen LogP contribution in [0.2, 0.25) is 0 Å². The fraction of sp³-hybridized carbons (Fsp3) is 0.188. The normalized spacial score (nSPS) is 10.7. The summed E-state index contributed by atoms with van der Waals surface area (Å²) in [5.74, 6) is 2.16. The first-order valence-electron chi connectivity index (χ1n) is 7.02. The van der Waals surface area contributed by atoms with E-state index in [1.807, 2.05) is 41.0 Å². The highest BCUT2D eigenvalue weighted by Crippen LogP contribution is 2.30. The molecule has 2 aromatic heterocycles. The van der Waals surface area contributed by atoms with Gasteiger partial charge in [0.1, 0.15) is 23.5 Å². The van der Waals surface area contributed by atoms with E-state index in [1.54, 1.807) is 25.2 Å². The Hall–Kier alpha value is -2.54. The molecule has 7 heteroatoms. The molecule has 0 amide bonds. The summed E-state index contributed by atoms with van der Waals surface area (Å²) >= 11 is 1.54. The molecule has 0 bridgehead atoms. The molecular weight excluding hydrogens is 312 g/mol. The molecule has 6 nitrogen and oxygen atoms in total. The number of benzene rings is 1. The minimum Gasteiger partial charge on any atom is -0.496 e. The summed E-state index contributed by atoms with van der Waals surface area (Å²) in [4.78, 5) is 0. The van der Waals surface area contributed by atoms with Gasteiger partial charge in [0.2, 0.25) is 0 Å². The fourth-order valence-electron chi connectivity index (χ4n) is 2.12. The quantitative estimate of drug-likeness (QED) is 0.489. The van der Waals surface area contributed by atoms with Crippen LogP contribution in [0, 0.1) is 0 Å². The van der Waals surface area contributed by atoms with E-state index in [0.717, 1.165) is 27.9 Å². The third-order valence-electron chi connectivity index (χ3n) is 3.19. The van der Waals surface area contributed by atoms with Crippen molar-refractivity contribution >= 4 is 11.8 Å². The number of rotatable bonds is 7. The lowest BCUT2D eigenvalue weighted by Crippen LogP contribution is -1.95. The van der Waals surface area contributed by atoms with Crippen molar-refractivity contribution in [3.05, 3.63) is 55.1 Å². The van der Waals surface area contributed by atoms with Gasteiger partial charge in [0, 0.05) is 18.2 Å². The largest absolute Gasteiger partial charge is 0.496 e. The average molecular weight is 328 g/mol. The van der Waals surface area contributed by atoms with E-state index < -0.39 is 0 Å². The highest BCUT2D eigenvalue weighted by atomic mass is 32.2. The Balaban J connectivity index is 1.72. The summed E-state index contributed by atoms with van der Waals surface area (Å²) in [5, 5.41) is 12.9. The minimum absolute atomic E-state index is 0.623. The molecule has 0 N–H and O–H groups in total. The summed E-state index contributed by atoms with van der Waals surface area (Å²) < 4.78 is 12.7. The maximum atomic E-state index is 5.41. The zero-order valence-electron chi connectivity index (χ0n) is 12.7. The predicted molar refractivity (Wildman–Crippen MR) is 88.3 cm³/mol. The second-order valence-corrected chi connectivity index (χ2v) is 5.66. The highest BCUT2D eigenvalue weighted by molar-refractivity contribution is 7.98. The van der Waals surface area contributed by atoms with E-state index in [-0.39, 0.29) is 0 Å². The monoisotopic (exact) mass is 328 g/mol. The summed E-state index contributed by atoms with van der Waals surface area (Å²) in [7, 11) is 1.64. The van der Waals surface area contributed by atoms with Crippen LogP contribution in [0.5, 0.6) is 5.75 Å². The molecule has 0 aliphatic carbocycles. The van der Waals surface area contributed by atoms with Crippen LogP contribution in [-0.2, 0) is 12.3 Å². The Morgan fingerprint density at radius 1 is 1.39 bits per heavy atom. The Morgan fingerprint density at radius 3 is 3.09 bits per heavy atom. The predicted octanol–water partition coefficient (Wildman–Crippen LogP) is 3.42. The molecule has 1 aromatic carbocycles. The number of para-hydroxylation sites is 1. The van der Waals surface area contributed by atoms with Gasteiger partial charge < -0.3 is 13.8 Å². The topological polar surface area (TPSA) is 66.0 Å². The molecule has 0 saturated heterocycles. The van der Waals surface area contributed by atoms with E-state index >= 15 is 0 Å². The Morgan fingerprint density at radius 2 is 2.26 bits per heavy atom. The van der Waals surface area contributed by atoms with Crippen molar-refractivity contribution in [1.29, 1.82) is 0 Å². The summed E-state index contributed by atoms with van der Waals surface area (Å²) in [6.45, 7) is 4.40. The van der Waals surface area contributed by atoms with Crippen LogP contribution in [-0.4, -0.2) is 27.0 Å². The third-order valence-corrected chi connectivity index (χ3v) is 4.19. The Bertz CT molecular complexity index is 797. The molecule has 23 heavy (non-hydrogen) atoms. The molecule has 118 valence electrons. The van der Waals surface area contributed by atoms with Gasteiger partial charge in [0.25, 0.3) is 0 Å². The van der Waals surface area contributed by atoms with Gasteiger partial charge in [-0.05, 0) is 12.1 Å². The van der Waals surface area contributed by atoms with Crippen LogP contribution in [0.1, 0.15) is 5.76 Å². The molecule has 0 spiro atoms. The summed E-state index contributed by atoms with van der Waals surface area (Å²) in [5.41, 5.74) is 1.66. The molecule has 3 rings (SSSR count). The number of nitrogens with zero attached hydrogens (tertiary/aromatic N) is 4. The highest BCUT2D eigenvalue weighted by Gasteiger charge is 2.12. The molecule has 0 unspecified atom stereocenters. The van der Waals surface area contributed by atoms with Gasteiger partial charge in [-0.3, -0.25) is 0 Å². The second-order valence-electron chi connectivity index (χ2n) is 4.72. The number of allylic oxidation sites excluding steroid dienone is 1. The van der Waals surface area contributed by atoms with Crippen LogP contribution in [0.3, 0.4) is 0 Å². The number of methoxy groups -OCH3 is 1. The smallest absolute Gasteiger partial charge is 0.191 e. The Kier molecular flexibility index (Phi) is 4.77. The molecule has 3 aromatic rings. The molecule has 0 saturated carbocycles. The number of ether oxygens (including phenoxy) is 1. The van der Waals surface area contributed by atoms with Crippen molar-refractivity contribution in [3.8, 4) is 17.0 Å². The average Bonchev–Trinajstić information content (AvgIpc) is 3.22.